The third-order valence-electron chi connectivity index (χ3n) is 3.35. The van der Waals surface area contributed by atoms with E-state index in [0.29, 0.717) is 0 Å². The Labute approximate surface area is 160 Å². The molecule has 2 unspecified atom stereocenters. The first-order valence-corrected chi connectivity index (χ1v) is 8.17. The summed E-state index contributed by atoms with van der Waals surface area (Å²) in [6.45, 7) is 4.00. The molecule has 0 spiro atoms. The van der Waals surface area contributed by atoms with Crippen molar-refractivity contribution < 1.29 is 52.4 Å². The van der Waals surface area contributed by atoms with Crippen molar-refractivity contribution in [2.75, 3.05) is 13.7 Å². The van der Waals surface area contributed by atoms with Crippen LogP contribution in [0.15, 0.2) is 11.8 Å². The minimum atomic E-state index is -1.34. The van der Waals surface area contributed by atoms with Crippen LogP contribution in [0.2, 0.25) is 0 Å². The number of hydrogen-bond acceptors (Lipinski definition) is 11. The predicted octanol–water partition coefficient (Wildman–Crippen LogP) is -0.200. The van der Waals surface area contributed by atoms with Crippen molar-refractivity contribution in [1.82, 2.24) is 0 Å². The zero-order chi connectivity index (χ0) is 21.4. The fourth-order valence-corrected chi connectivity index (χ4v) is 2.42. The molecular weight excluding hydrogens is 380 g/mol. The Bertz CT molecular complexity index is 666. The average Bonchev–Trinajstić information content (AvgIpc) is 2.57. The molecule has 0 aliphatic carbocycles. The summed E-state index contributed by atoms with van der Waals surface area (Å²) in [4.78, 5) is 57.6. The van der Waals surface area contributed by atoms with Crippen LogP contribution in [0.4, 0.5) is 0 Å². The van der Waals surface area contributed by atoms with Gasteiger partial charge in [-0.15, -0.1) is 0 Å². The van der Waals surface area contributed by atoms with Crippen molar-refractivity contribution in [3.63, 3.8) is 0 Å². The van der Waals surface area contributed by atoms with Crippen molar-refractivity contribution in [3.05, 3.63) is 11.8 Å². The molecule has 0 amide bonds. The maximum absolute atomic E-state index is 11.9. The van der Waals surface area contributed by atoms with Gasteiger partial charge in [-0.2, -0.15) is 0 Å². The Balaban J connectivity index is 3.35. The van der Waals surface area contributed by atoms with Crippen molar-refractivity contribution >= 4 is 29.8 Å². The van der Waals surface area contributed by atoms with Gasteiger partial charge in [-0.1, -0.05) is 0 Å². The lowest BCUT2D eigenvalue weighted by Crippen LogP contribution is -2.54. The van der Waals surface area contributed by atoms with Gasteiger partial charge in [0.05, 0.1) is 7.11 Å². The van der Waals surface area contributed by atoms with E-state index < -0.39 is 60.9 Å². The maximum atomic E-state index is 11.9. The third-order valence-corrected chi connectivity index (χ3v) is 3.35. The van der Waals surface area contributed by atoms with Gasteiger partial charge in [-0.05, 0) is 0 Å². The molecule has 1 aliphatic rings. The van der Waals surface area contributed by atoms with E-state index in [1.165, 1.54) is 0 Å². The monoisotopic (exact) mass is 402 g/mol. The molecule has 0 aromatic carbocycles. The van der Waals surface area contributed by atoms with Gasteiger partial charge in [-0.25, -0.2) is 4.79 Å². The van der Waals surface area contributed by atoms with Gasteiger partial charge in [0.1, 0.15) is 6.61 Å². The first kappa shape index (κ1) is 22.9. The van der Waals surface area contributed by atoms with Crippen LogP contribution >= 0.6 is 0 Å². The molecule has 0 saturated carbocycles. The molecule has 0 fully saturated rings. The molecule has 1 aliphatic heterocycles. The predicted molar refractivity (Wildman–Crippen MR) is 88.3 cm³/mol. The summed E-state index contributed by atoms with van der Waals surface area (Å²) in [7, 11) is 1.10. The molecule has 156 valence electrons. The lowest BCUT2D eigenvalue weighted by atomic mass is 9.98. The smallest absolute Gasteiger partial charge is 0.373 e. The molecule has 0 bridgehead atoms. The van der Waals surface area contributed by atoms with E-state index in [-0.39, 0.29) is 5.76 Å². The highest BCUT2D eigenvalue weighted by molar-refractivity contribution is 5.86. The van der Waals surface area contributed by atoms with E-state index in [9.17, 15) is 24.0 Å². The average molecular weight is 402 g/mol. The van der Waals surface area contributed by atoms with Gasteiger partial charge >= 0.3 is 29.8 Å². The van der Waals surface area contributed by atoms with Crippen LogP contribution in [-0.2, 0) is 52.4 Å². The second kappa shape index (κ2) is 10.3. The number of methoxy groups -OCH3 is 1. The first-order valence-electron chi connectivity index (χ1n) is 8.17. The van der Waals surface area contributed by atoms with Crippen molar-refractivity contribution in [2.45, 2.75) is 52.1 Å². The topological polar surface area (TPSA) is 141 Å². The molecule has 0 saturated heterocycles. The summed E-state index contributed by atoms with van der Waals surface area (Å²) < 4.78 is 30.4. The number of carbonyl (C=O) groups excluding carboxylic acids is 5. The standard InChI is InChI=1S/C17H22O11/c1-8(18)24-7-14(26-10(3)20)16-15(27-11(4)21)12(25-9(2)19)6-13(28-16)17(22)23-5/h6,12,14-16H,7H2,1-5H3/t12?,14-,15-,16?/m1/s1. The summed E-state index contributed by atoms with van der Waals surface area (Å²) in [6, 6.07) is 0. The minimum absolute atomic E-state index is 0.359. The minimum Gasteiger partial charge on any atom is -0.475 e. The fourth-order valence-electron chi connectivity index (χ4n) is 2.42. The van der Waals surface area contributed by atoms with Crippen LogP contribution in [0.25, 0.3) is 0 Å². The highest BCUT2D eigenvalue weighted by atomic mass is 16.6. The normalized spacial score (nSPS) is 21.9. The lowest BCUT2D eigenvalue weighted by molar-refractivity contribution is -0.197. The van der Waals surface area contributed by atoms with Crippen LogP contribution in [0, 0.1) is 0 Å². The molecule has 0 aromatic heterocycles. The van der Waals surface area contributed by atoms with Crippen molar-refractivity contribution in [1.29, 1.82) is 0 Å². The van der Waals surface area contributed by atoms with Crippen LogP contribution in [-0.4, -0.2) is 68.0 Å². The molecule has 0 radical (unpaired) electrons. The molecule has 4 atom stereocenters. The molecule has 0 N–H and O–H groups in total. The molecule has 11 nitrogen and oxygen atoms in total. The Hall–Kier alpha value is -3.11. The van der Waals surface area contributed by atoms with Gasteiger partial charge in [0.15, 0.2) is 24.4 Å². The quantitative estimate of drug-likeness (QED) is 0.413. The summed E-state index contributed by atoms with van der Waals surface area (Å²) in [5.41, 5.74) is 0. The Morgan fingerprint density at radius 1 is 0.964 bits per heavy atom. The van der Waals surface area contributed by atoms with E-state index in [0.717, 1.165) is 40.9 Å². The summed E-state index contributed by atoms with van der Waals surface area (Å²) in [5, 5.41) is 0. The molecule has 1 rings (SSSR count). The first-order chi connectivity index (χ1) is 13.0. The largest absolute Gasteiger partial charge is 0.475 e. The van der Waals surface area contributed by atoms with Crippen LogP contribution in [0.5, 0.6) is 0 Å². The molecule has 11 heteroatoms. The van der Waals surface area contributed by atoms with Crippen LogP contribution in [0.3, 0.4) is 0 Å². The van der Waals surface area contributed by atoms with Gasteiger partial charge < -0.3 is 28.4 Å². The SMILES string of the molecule is COC(=O)C1=CC(OC(C)=O)[C@@H](OC(C)=O)C([C@@H](COC(C)=O)OC(C)=O)O1. The second-order valence-electron chi connectivity index (χ2n) is 5.70. The van der Waals surface area contributed by atoms with Crippen LogP contribution < -0.4 is 0 Å². The van der Waals surface area contributed by atoms with Gasteiger partial charge in [-0.3, -0.25) is 19.2 Å². The summed E-state index contributed by atoms with van der Waals surface area (Å²) >= 11 is 0. The summed E-state index contributed by atoms with van der Waals surface area (Å²) in [5.74, 6) is -4.16. The van der Waals surface area contributed by atoms with E-state index in [2.05, 4.69) is 4.74 Å². The lowest BCUT2D eigenvalue weighted by Gasteiger charge is -2.38. The third kappa shape index (κ3) is 6.89. The van der Waals surface area contributed by atoms with Gasteiger partial charge in [0.2, 0.25) is 5.76 Å². The van der Waals surface area contributed by atoms with E-state index in [1.54, 1.807) is 0 Å². The van der Waals surface area contributed by atoms with Gasteiger partial charge in [0.25, 0.3) is 0 Å². The van der Waals surface area contributed by atoms with Crippen molar-refractivity contribution in [2.24, 2.45) is 0 Å². The van der Waals surface area contributed by atoms with Crippen molar-refractivity contribution in [3.8, 4) is 0 Å². The number of esters is 5. The number of ether oxygens (including phenoxy) is 6. The number of hydrogen-bond donors (Lipinski definition) is 0. The van der Waals surface area contributed by atoms with E-state index in [1.807, 2.05) is 0 Å². The Morgan fingerprint density at radius 3 is 2.04 bits per heavy atom. The molecule has 28 heavy (non-hydrogen) atoms. The highest BCUT2D eigenvalue weighted by Gasteiger charge is 2.47. The van der Waals surface area contributed by atoms with E-state index in [4.69, 9.17) is 23.7 Å². The zero-order valence-corrected chi connectivity index (χ0v) is 16.1. The maximum Gasteiger partial charge on any atom is 0.373 e. The molecule has 1 heterocycles. The Kier molecular flexibility index (Phi) is 8.42. The van der Waals surface area contributed by atoms with E-state index >= 15 is 0 Å². The van der Waals surface area contributed by atoms with Gasteiger partial charge in [0, 0.05) is 33.8 Å². The fraction of sp³-hybridized carbons (Fsp3) is 0.588. The molecule has 0 aromatic rings. The number of carbonyl (C=O) groups is 5. The molecular formula is C17H22O11. The zero-order valence-electron chi connectivity index (χ0n) is 16.1. The Morgan fingerprint density at radius 2 is 1.57 bits per heavy atom. The second-order valence-corrected chi connectivity index (χ2v) is 5.70. The highest BCUT2D eigenvalue weighted by Crippen LogP contribution is 2.28. The number of rotatable bonds is 7. The van der Waals surface area contributed by atoms with Crippen LogP contribution in [0.1, 0.15) is 27.7 Å². The summed E-state index contributed by atoms with van der Waals surface area (Å²) in [6.07, 6.45) is -4.05.